The molecular formula is C15H17BrClN3S. The number of aryl methyl sites for hydroxylation is 1. The highest BCUT2D eigenvalue weighted by Gasteiger charge is 2.22. The molecule has 1 aliphatic rings. The van der Waals surface area contributed by atoms with E-state index < -0.39 is 0 Å². The molecule has 0 saturated heterocycles. The molecule has 2 heterocycles. The fourth-order valence-corrected chi connectivity index (χ4v) is 4.30. The molecule has 3 rings (SSSR count). The fourth-order valence-electron chi connectivity index (χ4n) is 2.65. The van der Waals surface area contributed by atoms with Crippen LogP contribution in [0.25, 0.3) is 10.7 Å². The molecule has 1 N–H and O–H groups in total. The molecule has 0 amide bonds. The molecule has 21 heavy (non-hydrogen) atoms. The van der Waals surface area contributed by atoms with E-state index in [1.54, 1.807) is 0 Å². The second-order valence-electron chi connectivity index (χ2n) is 5.23. The van der Waals surface area contributed by atoms with Gasteiger partial charge in [-0.15, -0.1) is 11.3 Å². The van der Waals surface area contributed by atoms with Gasteiger partial charge < -0.3 is 5.32 Å². The standard InChI is InChI=1S/C15H17BrClN3S/c1-2-6-18-11-4-3-5-12-9(11)8-19-15(20-12)13-7-10(16)14(17)21-13/h7-8,11,18H,2-6H2,1H3. The van der Waals surface area contributed by atoms with Gasteiger partial charge in [0, 0.05) is 28.0 Å². The van der Waals surface area contributed by atoms with Crippen molar-refractivity contribution in [2.45, 2.75) is 38.6 Å². The Morgan fingerprint density at radius 2 is 2.38 bits per heavy atom. The van der Waals surface area contributed by atoms with Crippen molar-refractivity contribution in [3.05, 3.63) is 32.3 Å². The normalized spacial score (nSPS) is 17.8. The Bertz CT molecular complexity index is 624. The van der Waals surface area contributed by atoms with Gasteiger partial charge in [0.05, 0.1) is 4.88 Å². The van der Waals surface area contributed by atoms with E-state index in [1.165, 1.54) is 35.4 Å². The van der Waals surface area contributed by atoms with E-state index >= 15 is 0 Å². The van der Waals surface area contributed by atoms with Crippen molar-refractivity contribution >= 4 is 38.9 Å². The van der Waals surface area contributed by atoms with Crippen LogP contribution in [-0.2, 0) is 6.42 Å². The maximum atomic E-state index is 6.11. The zero-order valence-corrected chi connectivity index (χ0v) is 15.0. The van der Waals surface area contributed by atoms with E-state index in [0.717, 1.165) is 38.9 Å². The van der Waals surface area contributed by atoms with E-state index in [0.29, 0.717) is 6.04 Å². The summed E-state index contributed by atoms with van der Waals surface area (Å²) in [6, 6.07) is 2.39. The summed E-state index contributed by atoms with van der Waals surface area (Å²) in [6.07, 6.45) is 6.53. The maximum absolute atomic E-state index is 6.11. The monoisotopic (exact) mass is 385 g/mol. The van der Waals surface area contributed by atoms with E-state index in [9.17, 15) is 0 Å². The Balaban J connectivity index is 1.90. The molecule has 0 radical (unpaired) electrons. The Kier molecular flexibility index (Phi) is 4.94. The zero-order valence-electron chi connectivity index (χ0n) is 11.8. The maximum Gasteiger partial charge on any atom is 0.169 e. The molecule has 112 valence electrons. The summed E-state index contributed by atoms with van der Waals surface area (Å²) in [6.45, 7) is 3.23. The lowest BCUT2D eigenvalue weighted by atomic mass is 9.92. The highest BCUT2D eigenvalue weighted by molar-refractivity contribution is 9.10. The molecule has 0 bridgehead atoms. The molecule has 0 fully saturated rings. The first-order chi connectivity index (χ1) is 10.2. The molecule has 0 aromatic carbocycles. The molecule has 2 aromatic rings. The predicted molar refractivity (Wildman–Crippen MR) is 92.0 cm³/mol. The summed E-state index contributed by atoms with van der Waals surface area (Å²) in [4.78, 5) is 10.3. The molecule has 0 aliphatic heterocycles. The van der Waals surface area contributed by atoms with Crippen molar-refractivity contribution in [1.82, 2.24) is 15.3 Å². The summed E-state index contributed by atoms with van der Waals surface area (Å²) in [7, 11) is 0. The van der Waals surface area contributed by atoms with Gasteiger partial charge in [0.15, 0.2) is 5.82 Å². The predicted octanol–water partition coefficient (Wildman–Crippen LogP) is 5.00. The van der Waals surface area contributed by atoms with Gasteiger partial charge in [-0.3, -0.25) is 0 Å². The van der Waals surface area contributed by atoms with E-state index in [4.69, 9.17) is 16.6 Å². The number of nitrogens with zero attached hydrogens (tertiary/aromatic N) is 2. The van der Waals surface area contributed by atoms with Gasteiger partial charge in [-0.25, -0.2) is 9.97 Å². The number of hydrogen-bond acceptors (Lipinski definition) is 4. The van der Waals surface area contributed by atoms with Crippen LogP contribution < -0.4 is 5.32 Å². The van der Waals surface area contributed by atoms with Crippen LogP contribution in [0.1, 0.15) is 43.5 Å². The van der Waals surface area contributed by atoms with Gasteiger partial charge in [-0.05, 0) is 54.2 Å². The third-order valence-electron chi connectivity index (χ3n) is 3.69. The van der Waals surface area contributed by atoms with Crippen LogP contribution in [0.5, 0.6) is 0 Å². The number of fused-ring (bicyclic) bond motifs is 1. The molecule has 1 atom stereocenters. The molecule has 0 spiro atoms. The van der Waals surface area contributed by atoms with Gasteiger partial charge >= 0.3 is 0 Å². The summed E-state index contributed by atoms with van der Waals surface area (Å²) in [5.74, 6) is 0.780. The number of aromatic nitrogens is 2. The highest BCUT2D eigenvalue weighted by Crippen LogP contribution is 2.37. The van der Waals surface area contributed by atoms with E-state index in [1.807, 2.05) is 12.3 Å². The molecule has 1 unspecified atom stereocenters. The first kappa shape index (κ1) is 15.4. The zero-order chi connectivity index (χ0) is 14.8. The smallest absolute Gasteiger partial charge is 0.169 e. The molecule has 0 saturated carbocycles. The highest BCUT2D eigenvalue weighted by atomic mass is 79.9. The number of hydrogen-bond donors (Lipinski definition) is 1. The minimum atomic E-state index is 0.404. The van der Waals surface area contributed by atoms with E-state index in [-0.39, 0.29) is 0 Å². The second-order valence-corrected chi connectivity index (χ2v) is 7.74. The van der Waals surface area contributed by atoms with Crippen LogP contribution in [0.15, 0.2) is 16.7 Å². The minimum absolute atomic E-state index is 0.404. The Hall–Kier alpha value is -0.490. The first-order valence-electron chi connectivity index (χ1n) is 7.23. The summed E-state index contributed by atoms with van der Waals surface area (Å²) in [5, 5.41) is 3.59. The van der Waals surface area contributed by atoms with Crippen molar-refractivity contribution in [3.8, 4) is 10.7 Å². The van der Waals surface area contributed by atoms with Crippen LogP contribution in [0.4, 0.5) is 0 Å². The average Bonchev–Trinajstić information content (AvgIpc) is 2.84. The van der Waals surface area contributed by atoms with Gasteiger partial charge in [0.1, 0.15) is 4.34 Å². The van der Waals surface area contributed by atoms with Crippen LogP contribution in [-0.4, -0.2) is 16.5 Å². The van der Waals surface area contributed by atoms with Crippen molar-refractivity contribution in [2.24, 2.45) is 0 Å². The lowest BCUT2D eigenvalue weighted by Gasteiger charge is -2.25. The summed E-state index contributed by atoms with van der Waals surface area (Å²) < 4.78 is 1.65. The van der Waals surface area contributed by atoms with E-state index in [2.05, 4.69) is 33.2 Å². The molecular weight excluding hydrogens is 370 g/mol. The second kappa shape index (κ2) is 6.73. The Labute approximate surface area is 142 Å². The Morgan fingerprint density at radius 1 is 1.52 bits per heavy atom. The minimum Gasteiger partial charge on any atom is -0.310 e. The van der Waals surface area contributed by atoms with Gasteiger partial charge in [0.2, 0.25) is 0 Å². The fraction of sp³-hybridized carbons (Fsp3) is 0.467. The summed E-state index contributed by atoms with van der Waals surface area (Å²) in [5.41, 5.74) is 2.45. The summed E-state index contributed by atoms with van der Waals surface area (Å²) >= 11 is 11.1. The first-order valence-corrected chi connectivity index (χ1v) is 9.22. The SMILES string of the molecule is CCCNC1CCCc2nc(-c3cc(Br)c(Cl)s3)ncc21. The number of rotatable bonds is 4. The van der Waals surface area contributed by atoms with Gasteiger partial charge in [0.25, 0.3) is 0 Å². The quantitative estimate of drug-likeness (QED) is 0.803. The molecule has 3 nitrogen and oxygen atoms in total. The third-order valence-corrected chi connectivity index (χ3v) is 6.16. The number of halogens is 2. The third kappa shape index (κ3) is 3.31. The number of nitrogens with one attached hydrogen (secondary N) is 1. The lowest BCUT2D eigenvalue weighted by molar-refractivity contribution is 0.454. The molecule has 6 heteroatoms. The lowest BCUT2D eigenvalue weighted by Crippen LogP contribution is -2.26. The van der Waals surface area contributed by atoms with Crippen LogP contribution in [0.2, 0.25) is 4.34 Å². The van der Waals surface area contributed by atoms with Crippen LogP contribution in [0.3, 0.4) is 0 Å². The average molecular weight is 387 g/mol. The van der Waals surface area contributed by atoms with Crippen molar-refractivity contribution in [2.75, 3.05) is 6.54 Å². The Morgan fingerprint density at radius 3 is 3.10 bits per heavy atom. The molecule has 1 aliphatic carbocycles. The van der Waals surface area contributed by atoms with Gasteiger partial charge in [-0.1, -0.05) is 18.5 Å². The van der Waals surface area contributed by atoms with Crippen LogP contribution >= 0.6 is 38.9 Å². The van der Waals surface area contributed by atoms with Crippen LogP contribution in [0, 0.1) is 0 Å². The largest absolute Gasteiger partial charge is 0.310 e. The van der Waals surface area contributed by atoms with Gasteiger partial charge in [-0.2, -0.15) is 0 Å². The van der Waals surface area contributed by atoms with Crippen molar-refractivity contribution < 1.29 is 0 Å². The van der Waals surface area contributed by atoms with Crippen molar-refractivity contribution in [3.63, 3.8) is 0 Å². The van der Waals surface area contributed by atoms with Crippen molar-refractivity contribution in [1.29, 1.82) is 0 Å². The number of thiophene rings is 1. The molecule has 2 aromatic heterocycles. The topological polar surface area (TPSA) is 37.8 Å².